The van der Waals surface area contributed by atoms with Crippen LogP contribution in [0, 0.1) is 13.8 Å². The number of carbonyl (C=O) groups is 1. The fourth-order valence-corrected chi connectivity index (χ4v) is 2.83. The third kappa shape index (κ3) is 2.76. The molecule has 0 radical (unpaired) electrons. The molecule has 0 bridgehead atoms. The number of carbonyl (C=O) groups excluding carboxylic acids is 1. The van der Waals surface area contributed by atoms with Crippen LogP contribution in [0.2, 0.25) is 0 Å². The normalized spacial score (nSPS) is 18.4. The van der Waals surface area contributed by atoms with Crippen molar-refractivity contribution in [3.63, 3.8) is 0 Å². The zero-order chi connectivity index (χ0) is 15.7. The van der Waals surface area contributed by atoms with Gasteiger partial charge in [-0.05, 0) is 32.8 Å². The molecule has 118 valence electrons. The molecule has 0 saturated carbocycles. The van der Waals surface area contributed by atoms with E-state index in [-0.39, 0.29) is 11.9 Å². The standard InChI is InChI=1S/C15H21N5O2/c1-9-14(10(2)20(3)19-9)12-7-13(18-17-12)15(21)16-11-5-4-6-22-8-11/h7,11H,4-6,8H2,1-3H3,(H,16,21)(H,17,18). The summed E-state index contributed by atoms with van der Waals surface area (Å²) in [6, 6.07) is 1.85. The number of amides is 1. The largest absolute Gasteiger partial charge is 0.379 e. The van der Waals surface area contributed by atoms with Gasteiger partial charge < -0.3 is 10.1 Å². The van der Waals surface area contributed by atoms with Gasteiger partial charge in [-0.15, -0.1) is 0 Å². The fourth-order valence-electron chi connectivity index (χ4n) is 2.83. The summed E-state index contributed by atoms with van der Waals surface area (Å²) < 4.78 is 7.19. The quantitative estimate of drug-likeness (QED) is 0.896. The number of hydrogen-bond acceptors (Lipinski definition) is 4. The van der Waals surface area contributed by atoms with Gasteiger partial charge in [0.25, 0.3) is 5.91 Å². The summed E-state index contributed by atoms with van der Waals surface area (Å²) in [5.41, 5.74) is 4.10. The van der Waals surface area contributed by atoms with Gasteiger partial charge in [0.05, 0.1) is 24.0 Å². The number of H-pyrrole nitrogens is 1. The van der Waals surface area contributed by atoms with Crippen LogP contribution in [-0.2, 0) is 11.8 Å². The van der Waals surface area contributed by atoms with Crippen molar-refractivity contribution in [2.75, 3.05) is 13.2 Å². The highest BCUT2D eigenvalue weighted by Crippen LogP contribution is 2.25. The first-order valence-electron chi connectivity index (χ1n) is 7.51. The molecule has 1 fully saturated rings. The van der Waals surface area contributed by atoms with Crippen molar-refractivity contribution in [3.8, 4) is 11.3 Å². The van der Waals surface area contributed by atoms with Gasteiger partial charge in [-0.1, -0.05) is 0 Å². The Morgan fingerprint density at radius 1 is 1.50 bits per heavy atom. The highest BCUT2D eigenvalue weighted by molar-refractivity contribution is 5.93. The molecule has 7 nitrogen and oxygen atoms in total. The molecule has 1 amide bonds. The zero-order valence-corrected chi connectivity index (χ0v) is 13.1. The maximum atomic E-state index is 12.3. The Bertz CT molecular complexity index is 682. The summed E-state index contributed by atoms with van der Waals surface area (Å²) in [6.45, 7) is 5.28. The topological polar surface area (TPSA) is 84.8 Å². The fraction of sp³-hybridized carbons (Fsp3) is 0.533. The molecular weight excluding hydrogens is 282 g/mol. The van der Waals surface area contributed by atoms with Crippen molar-refractivity contribution in [1.29, 1.82) is 0 Å². The summed E-state index contributed by atoms with van der Waals surface area (Å²) in [4.78, 5) is 12.3. The van der Waals surface area contributed by atoms with E-state index in [4.69, 9.17) is 4.74 Å². The van der Waals surface area contributed by atoms with Crippen molar-refractivity contribution >= 4 is 5.91 Å². The summed E-state index contributed by atoms with van der Waals surface area (Å²) in [5.74, 6) is -0.145. The molecule has 2 N–H and O–H groups in total. The van der Waals surface area contributed by atoms with Crippen LogP contribution in [0.25, 0.3) is 11.3 Å². The molecule has 3 heterocycles. The number of nitrogens with one attached hydrogen (secondary N) is 2. The first kappa shape index (κ1) is 14.8. The number of nitrogens with zero attached hydrogens (tertiary/aromatic N) is 3. The van der Waals surface area contributed by atoms with Gasteiger partial charge in [0, 0.05) is 24.9 Å². The molecule has 1 aliphatic heterocycles. The number of aromatic amines is 1. The van der Waals surface area contributed by atoms with Crippen molar-refractivity contribution in [1.82, 2.24) is 25.3 Å². The van der Waals surface area contributed by atoms with Gasteiger partial charge >= 0.3 is 0 Å². The third-order valence-electron chi connectivity index (χ3n) is 4.08. The van der Waals surface area contributed by atoms with Gasteiger partial charge in [-0.25, -0.2) is 0 Å². The Morgan fingerprint density at radius 2 is 2.32 bits per heavy atom. The molecule has 2 aromatic heterocycles. The van der Waals surface area contributed by atoms with E-state index in [1.807, 2.05) is 25.6 Å². The monoisotopic (exact) mass is 303 g/mol. The Morgan fingerprint density at radius 3 is 2.95 bits per heavy atom. The Kier molecular flexibility index (Phi) is 3.98. The lowest BCUT2D eigenvalue weighted by atomic mass is 10.1. The van der Waals surface area contributed by atoms with E-state index >= 15 is 0 Å². The lowest BCUT2D eigenvalue weighted by molar-refractivity contribution is 0.0622. The Labute approximate surface area is 129 Å². The molecule has 0 aliphatic carbocycles. The van der Waals surface area contributed by atoms with E-state index in [1.165, 1.54) is 0 Å². The minimum Gasteiger partial charge on any atom is -0.379 e. The Balaban J connectivity index is 1.77. The minimum atomic E-state index is -0.145. The van der Waals surface area contributed by atoms with Gasteiger partial charge in [-0.3, -0.25) is 14.6 Å². The molecule has 2 aromatic rings. The first-order valence-corrected chi connectivity index (χ1v) is 7.51. The van der Waals surface area contributed by atoms with Crippen molar-refractivity contribution in [2.24, 2.45) is 7.05 Å². The van der Waals surface area contributed by atoms with E-state index in [1.54, 1.807) is 6.07 Å². The number of ether oxygens (including phenoxy) is 1. The summed E-state index contributed by atoms with van der Waals surface area (Å²) in [7, 11) is 1.90. The van der Waals surface area contributed by atoms with Gasteiger partial charge in [0.15, 0.2) is 0 Å². The predicted octanol–water partition coefficient (Wildman–Crippen LogP) is 1.34. The Hall–Kier alpha value is -2.15. The number of aryl methyl sites for hydroxylation is 2. The predicted molar refractivity (Wildman–Crippen MR) is 81.6 cm³/mol. The highest BCUT2D eigenvalue weighted by Gasteiger charge is 2.20. The molecule has 1 saturated heterocycles. The molecule has 1 unspecified atom stereocenters. The van der Waals surface area contributed by atoms with E-state index in [2.05, 4.69) is 20.6 Å². The molecule has 0 aromatic carbocycles. The average molecular weight is 303 g/mol. The molecule has 22 heavy (non-hydrogen) atoms. The molecular formula is C15H21N5O2. The van der Waals surface area contributed by atoms with E-state index in [0.29, 0.717) is 12.3 Å². The van der Waals surface area contributed by atoms with Crippen LogP contribution >= 0.6 is 0 Å². The van der Waals surface area contributed by atoms with Crippen LogP contribution in [0.15, 0.2) is 6.07 Å². The molecule has 7 heteroatoms. The number of aromatic nitrogens is 4. The van der Waals surface area contributed by atoms with Crippen LogP contribution in [0.1, 0.15) is 34.7 Å². The maximum Gasteiger partial charge on any atom is 0.269 e. The highest BCUT2D eigenvalue weighted by atomic mass is 16.5. The molecule has 1 atom stereocenters. The van der Waals surface area contributed by atoms with Crippen LogP contribution in [0.5, 0.6) is 0 Å². The molecule has 0 spiro atoms. The van der Waals surface area contributed by atoms with Crippen LogP contribution in [-0.4, -0.2) is 45.1 Å². The first-order chi connectivity index (χ1) is 10.6. The van der Waals surface area contributed by atoms with E-state index in [9.17, 15) is 4.79 Å². The summed E-state index contributed by atoms with van der Waals surface area (Å²) in [6.07, 6.45) is 1.93. The second-order valence-corrected chi connectivity index (χ2v) is 5.72. The maximum absolute atomic E-state index is 12.3. The SMILES string of the molecule is Cc1nn(C)c(C)c1-c1cc(C(=O)NC2CCCOC2)[nH]n1. The number of hydrogen-bond donors (Lipinski definition) is 2. The van der Waals surface area contributed by atoms with E-state index < -0.39 is 0 Å². The minimum absolute atomic E-state index is 0.0786. The van der Waals surface area contributed by atoms with Crippen molar-refractivity contribution < 1.29 is 9.53 Å². The molecule has 3 rings (SSSR count). The van der Waals surface area contributed by atoms with Crippen LogP contribution < -0.4 is 5.32 Å². The summed E-state index contributed by atoms with van der Waals surface area (Å²) >= 11 is 0. The van der Waals surface area contributed by atoms with Crippen LogP contribution in [0.3, 0.4) is 0 Å². The summed E-state index contributed by atoms with van der Waals surface area (Å²) in [5, 5.41) is 14.4. The van der Waals surface area contributed by atoms with E-state index in [0.717, 1.165) is 42.1 Å². The van der Waals surface area contributed by atoms with Gasteiger partial charge in [0.1, 0.15) is 5.69 Å². The zero-order valence-electron chi connectivity index (χ0n) is 13.1. The number of rotatable bonds is 3. The molecule has 1 aliphatic rings. The van der Waals surface area contributed by atoms with Crippen molar-refractivity contribution in [3.05, 3.63) is 23.1 Å². The van der Waals surface area contributed by atoms with Gasteiger partial charge in [-0.2, -0.15) is 10.2 Å². The van der Waals surface area contributed by atoms with Gasteiger partial charge in [0.2, 0.25) is 0 Å². The average Bonchev–Trinajstić information content (AvgIpc) is 3.06. The lowest BCUT2D eigenvalue weighted by Gasteiger charge is -2.22. The second kappa shape index (κ2) is 5.92. The second-order valence-electron chi connectivity index (χ2n) is 5.72. The smallest absolute Gasteiger partial charge is 0.269 e. The van der Waals surface area contributed by atoms with Crippen molar-refractivity contribution in [2.45, 2.75) is 32.7 Å². The van der Waals surface area contributed by atoms with Crippen LogP contribution in [0.4, 0.5) is 0 Å². The third-order valence-corrected chi connectivity index (χ3v) is 4.08. The lowest BCUT2D eigenvalue weighted by Crippen LogP contribution is -2.40.